The van der Waals surface area contributed by atoms with Crippen LogP contribution in [0.5, 0.6) is 0 Å². The first-order valence-electron chi connectivity index (χ1n) is 6.85. The summed E-state index contributed by atoms with van der Waals surface area (Å²) in [5.41, 5.74) is 0. The predicted molar refractivity (Wildman–Crippen MR) is 67.4 cm³/mol. The van der Waals surface area contributed by atoms with Crippen LogP contribution < -0.4 is 0 Å². The van der Waals surface area contributed by atoms with Crippen LogP contribution in [0.4, 0.5) is 4.79 Å². The Bertz CT molecular complexity index is 409. The van der Waals surface area contributed by atoms with E-state index < -0.39 is 0 Å². The Balaban J connectivity index is 1.39. The van der Waals surface area contributed by atoms with Gasteiger partial charge in [-0.3, -0.25) is 4.90 Å². The molecule has 1 amide bonds. The molecule has 104 valence electrons. The maximum atomic E-state index is 11.8. The zero-order valence-corrected chi connectivity index (χ0v) is 11.0. The van der Waals surface area contributed by atoms with Crippen LogP contribution in [0, 0.1) is 5.92 Å². The van der Waals surface area contributed by atoms with Crippen LogP contribution in [-0.4, -0.2) is 53.8 Å². The molecule has 3 rings (SSSR count). The number of hydrogen-bond acceptors (Lipinski definition) is 5. The Kier molecular flexibility index (Phi) is 3.68. The summed E-state index contributed by atoms with van der Waals surface area (Å²) in [6.45, 7) is 4.48. The fourth-order valence-electron chi connectivity index (χ4n) is 2.20. The van der Waals surface area contributed by atoms with Gasteiger partial charge in [0, 0.05) is 32.2 Å². The second-order valence-corrected chi connectivity index (χ2v) is 5.26. The molecule has 0 atom stereocenters. The summed E-state index contributed by atoms with van der Waals surface area (Å²) in [6.07, 6.45) is 3.91. The molecule has 19 heavy (non-hydrogen) atoms. The highest BCUT2D eigenvalue weighted by Crippen LogP contribution is 2.29. The van der Waals surface area contributed by atoms with Gasteiger partial charge in [0.2, 0.25) is 0 Å². The van der Waals surface area contributed by atoms with E-state index in [-0.39, 0.29) is 6.09 Å². The minimum Gasteiger partial charge on any atom is -0.449 e. The SMILES string of the molecule is O=C(OCC1CC1)N1CCN(Cc2ccno2)CC1. The zero-order valence-electron chi connectivity index (χ0n) is 11.0. The molecular weight excluding hydrogens is 246 g/mol. The molecule has 2 aliphatic rings. The molecule has 0 spiro atoms. The molecule has 0 N–H and O–H groups in total. The molecule has 0 unspecified atom stereocenters. The van der Waals surface area contributed by atoms with Crippen molar-refractivity contribution in [3.63, 3.8) is 0 Å². The highest BCUT2D eigenvalue weighted by molar-refractivity contribution is 5.67. The van der Waals surface area contributed by atoms with Gasteiger partial charge in [-0.1, -0.05) is 5.16 Å². The lowest BCUT2D eigenvalue weighted by atomic mass is 10.3. The number of hydrogen-bond donors (Lipinski definition) is 0. The first-order valence-corrected chi connectivity index (χ1v) is 6.85. The van der Waals surface area contributed by atoms with Crippen LogP contribution in [0.25, 0.3) is 0 Å². The second kappa shape index (κ2) is 5.61. The van der Waals surface area contributed by atoms with Crippen molar-refractivity contribution in [2.24, 2.45) is 5.92 Å². The highest BCUT2D eigenvalue weighted by Gasteiger charge is 2.26. The molecule has 1 aromatic heterocycles. The molecule has 6 heteroatoms. The van der Waals surface area contributed by atoms with Gasteiger partial charge in [-0.2, -0.15) is 0 Å². The molecule has 0 aromatic carbocycles. The predicted octanol–water partition coefficient (Wildman–Crippen LogP) is 1.34. The third-order valence-electron chi connectivity index (χ3n) is 3.64. The molecule has 2 heterocycles. The van der Waals surface area contributed by atoms with E-state index in [0.29, 0.717) is 12.5 Å². The van der Waals surface area contributed by atoms with E-state index in [9.17, 15) is 4.79 Å². The quantitative estimate of drug-likeness (QED) is 0.822. The minimum absolute atomic E-state index is 0.161. The van der Waals surface area contributed by atoms with Gasteiger partial charge in [-0.05, 0) is 18.8 Å². The average molecular weight is 265 g/mol. The fraction of sp³-hybridized carbons (Fsp3) is 0.692. The Hall–Kier alpha value is -1.56. The Morgan fingerprint density at radius 3 is 2.79 bits per heavy atom. The van der Waals surface area contributed by atoms with Crippen LogP contribution in [0.1, 0.15) is 18.6 Å². The van der Waals surface area contributed by atoms with E-state index in [2.05, 4.69) is 10.1 Å². The van der Waals surface area contributed by atoms with Crippen LogP contribution >= 0.6 is 0 Å². The van der Waals surface area contributed by atoms with Crippen molar-refractivity contribution in [1.82, 2.24) is 15.0 Å². The number of aromatic nitrogens is 1. The van der Waals surface area contributed by atoms with Crippen molar-refractivity contribution in [2.75, 3.05) is 32.8 Å². The van der Waals surface area contributed by atoms with Crippen LogP contribution in [0.3, 0.4) is 0 Å². The monoisotopic (exact) mass is 265 g/mol. The summed E-state index contributed by atoms with van der Waals surface area (Å²) in [7, 11) is 0. The molecule has 1 saturated heterocycles. The fourth-order valence-corrected chi connectivity index (χ4v) is 2.20. The summed E-state index contributed by atoms with van der Waals surface area (Å²) < 4.78 is 10.4. The standard InChI is InChI=1S/C13H19N3O3/c17-13(18-10-11-1-2-11)16-7-5-15(6-8-16)9-12-3-4-14-19-12/h3-4,11H,1-2,5-10H2. The number of rotatable bonds is 4. The van der Waals surface area contributed by atoms with Crippen molar-refractivity contribution >= 4 is 6.09 Å². The largest absolute Gasteiger partial charge is 0.449 e. The molecule has 6 nitrogen and oxygen atoms in total. The van der Waals surface area contributed by atoms with Crippen molar-refractivity contribution in [1.29, 1.82) is 0 Å². The van der Waals surface area contributed by atoms with Crippen molar-refractivity contribution < 1.29 is 14.1 Å². The molecule has 1 aliphatic heterocycles. The number of carbonyl (C=O) groups excluding carboxylic acids is 1. The Morgan fingerprint density at radius 1 is 1.37 bits per heavy atom. The van der Waals surface area contributed by atoms with Crippen LogP contribution in [0.2, 0.25) is 0 Å². The third-order valence-corrected chi connectivity index (χ3v) is 3.64. The lowest BCUT2D eigenvalue weighted by Gasteiger charge is -2.33. The van der Waals surface area contributed by atoms with E-state index in [4.69, 9.17) is 9.26 Å². The first-order chi connectivity index (χ1) is 9.31. The zero-order chi connectivity index (χ0) is 13.1. The minimum atomic E-state index is -0.161. The maximum Gasteiger partial charge on any atom is 0.409 e. The molecular formula is C13H19N3O3. The van der Waals surface area contributed by atoms with E-state index in [1.54, 1.807) is 11.1 Å². The normalized spacial score (nSPS) is 20.5. The third kappa shape index (κ3) is 3.47. The number of amides is 1. The topological polar surface area (TPSA) is 58.8 Å². The van der Waals surface area contributed by atoms with E-state index in [1.165, 1.54) is 12.8 Å². The van der Waals surface area contributed by atoms with Gasteiger partial charge >= 0.3 is 6.09 Å². The number of carbonyl (C=O) groups is 1. The summed E-state index contributed by atoms with van der Waals surface area (Å²) in [5.74, 6) is 1.49. The lowest BCUT2D eigenvalue weighted by molar-refractivity contribution is 0.0696. The molecule has 2 fully saturated rings. The smallest absolute Gasteiger partial charge is 0.409 e. The van der Waals surface area contributed by atoms with Gasteiger partial charge in [0.15, 0.2) is 5.76 Å². The van der Waals surface area contributed by atoms with Gasteiger partial charge in [-0.25, -0.2) is 4.79 Å². The Labute approximate surface area is 112 Å². The molecule has 0 radical (unpaired) electrons. The van der Waals surface area contributed by atoms with Crippen LogP contribution in [0.15, 0.2) is 16.8 Å². The summed E-state index contributed by atoms with van der Waals surface area (Å²) in [5, 5.41) is 3.69. The molecule has 0 bridgehead atoms. The molecule has 1 aromatic rings. The van der Waals surface area contributed by atoms with E-state index in [0.717, 1.165) is 38.5 Å². The maximum absolute atomic E-state index is 11.8. The van der Waals surface area contributed by atoms with Gasteiger partial charge in [0.1, 0.15) is 0 Å². The number of nitrogens with zero attached hydrogens (tertiary/aromatic N) is 3. The van der Waals surface area contributed by atoms with Crippen molar-refractivity contribution in [3.05, 3.63) is 18.0 Å². The van der Waals surface area contributed by atoms with Gasteiger partial charge < -0.3 is 14.2 Å². The van der Waals surface area contributed by atoms with Gasteiger partial charge in [0.05, 0.1) is 19.3 Å². The number of piperazine rings is 1. The van der Waals surface area contributed by atoms with Gasteiger partial charge in [-0.15, -0.1) is 0 Å². The Morgan fingerprint density at radius 2 is 2.16 bits per heavy atom. The van der Waals surface area contributed by atoms with E-state index >= 15 is 0 Å². The van der Waals surface area contributed by atoms with Gasteiger partial charge in [0.25, 0.3) is 0 Å². The van der Waals surface area contributed by atoms with E-state index in [1.807, 2.05) is 6.07 Å². The first kappa shape index (κ1) is 12.5. The average Bonchev–Trinajstić information content (AvgIpc) is 3.13. The summed E-state index contributed by atoms with van der Waals surface area (Å²) in [6, 6.07) is 1.87. The molecule has 1 aliphatic carbocycles. The van der Waals surface area contributed by atoms with Crippen LogP contribution in [-0.2, 0) is 11.3 Å². The highest BCUT2D eigenvalue weighted by atomic mass is 16.6. The number of ether oxygens (including phenoxy) is 1. The van der Waals surface area contributed by atoms with Crippen molar-refractivity contribution in [2.45, 2.75) is 19.4 Å². The lowest BCUT2D eigenvalue weighted by Crippen LogP contribution is -2.48. The summed E-state index contributed by atoms with van der Waals surface area (Å²) >= 11 is 0. The summed E-state index contributed by atoms with van der Waals surface area (Å²) in [4.78, 5) is 15.9. The van der Waals surface area contributed by atoms with Crippen molar-refractivity contribution in [3.8, 4) is 0 Å². The second-order valence-electron chi connectivity index (χ2n) is 5.26. The molecule has 1 saturated carbocycles.